The summed E-state index contributed by atoms with van der Waals surface area (Å²) in [5, 5.41) is 0. The Morgan fingerprint density at radius 1 is 1.10 bits per heavy atom. The Balaban J connectivity index is 2.12. The molecule has 0 saturated heterocycles. The van der Waals surface area contributed by atoms with Gasteiger partial charge in [0.1, 0.15) is 11.9 Å². The van der Waals surface area contributed by atoms with Crippen molar-refractivity contribution in [2.75, 3.05) is 6.54 Å². The maximum absolute atomic E-state index is 6.01. The lowest BCUT2D eigenvalue weighted by Gasteiger charge is -2.19. The molecule has 2 nitrogen and oxygen atoms in total. The Labute approximate surface area is 129 Å². The van der Waals surface area contributed by atoms with Crippen molar-refractivity contribution in [3.63, 3.8) is 0 Å². The molecule has 0 heterocycles. The Kier molecular flexibility index (Phi) is 5.62. The summed E-state index contributed by atoms with van der Waals surface area (Å²) < 4.78 is 7.03. The molecule has 2 N–H and O–H groups in total. The van der Waals surface area contributed by atoms with E-state index in [0.29, 0.717) is 6.54 Å². The topological polar surface area (TPSA) is 35.2 Å². The molecule has 0 aliphatic rings. The second-order valence-electron chi connectivity index (χ2n) is 4.76. The van der Waals surface area contributed by atoms with Gasteiger partial charge >= 0.3 is 0 Å². The molecule has 0 spiro atoms. The van der Waals surface area contributed by atoms with Crippen LogP contribution < -0.4 is 10.5 Å². The van der Waals surface area contributed by atoms with E-state index < -0.39 is 0 Å². The van der Waals surface area contributed by atoms with E-state index in [9.17, 15) is 0 Å². The first-order chi connectivity index (χ1) is 9.74. The first-order valence-electron chi connectivity index (χ1n) is 6.94. The Hall–Kier alpha value is -1.32. The number of halogens is 1. The van der Waals surface area contributed by atoms with Gasteiger partial charge in [-0.05, 0) is 30.2 Å². The largest absolute Gasteiger partial charge is 0.484 e. The van der Waals surface area contributed by atoms with E-state index in [1.54, 1.807) is 0 Å². The number of ether oxygens (including phenoxy) is 1. The van der Waals surface area contributed by atoms with Crippen LogP contribution in [0.1, 0.15) is 30.6 Å². The highest BCUT2D eigenvalue weighted by Crippen LogP contribution is 2.27. The van der Waals surface area contributed by atoms with E-state index in [1.807, 2.05) is 36.4 Å². The molecule has 3 heteroatoms. The summed E-state index contributed by atoms with van der Waals surface area (Å²) >= 11 is 3.55. The first-order valence-corrected chi connectivity index (χ1v) is 7.74. The Morgan fingerprint density at radius 3 is 2.40 bits per heavy atom. The van der Waals surface area contributed by atoms with Crippen molar-refractivity contribution >= 4 is 15.9 Å². The van der Waals surface area contributed by atoms with Gasteiger partial charge in [0.25, 0.3) is 0 Å². The van der Waals surface area contributed by atoms with Crippen molar-refractivity contribution in [3.05, 3.63) is 64.1 Å². The molecule has 20 heavy (non-hydrogen) atoms. The zero-order valence-corrected chi connectivity index (χ0v) is 13.3. The molecule has 0 amide bonds. The third kappa shape index (κ3) is 3.84. The minimum Gasteiger partial charge on any atom is -0.484 e. The van der Waals surface area contributed by atoms with Crippen LogP contribution in [0, 0.1) is 0 Å². The standard InChI is InChI=1S/C17H20BrNO/c1-2-5-13-8-10-14(11-9-13)20-17(12-19)15-6-3-4-7-16(15)18/h3-4,6-11,17H,2,5,12,19H2,1H3. The quantitative estimate of drug-likeness (QED) is 0.845. The normalized spacial score (nSPS) is 12.2. The van der Waals surface area contributed by atoms with Gasteiger partial charge in [0.15, 0.2) is 0 Å². The number of benzene rings is 2. The molecule has 0 aliphatic carbocycles. The van der Waals surface area contributed by atoms with Crippen LogP contribution in [0.5, 0.6) is 5.75 Å². The van der Waals surface area contributed by atoms with E-state index in [1.165, 1.54) is 5.56 Å². The molecular formula is C17H20BrNO. The molecule has 0 aromatic heterocycles. The lowest BCUT2D eigenvalue weighted by atomic mass is 10.1. The van der Waals surface area contributed by atoms with Gasteiger partial charge in [0.05, 0.1) is 0 Å². The highest BCUT2D eigenvalue weighted by molar-refractivity contribution is 9.10. The zero-order valence-electron chi connectivity index (χ0n) is 11.7. The van der Waals surface area contributed by atoms with Crippen LogP contribution in [0.3, 0.4) is 0 Å². The molecule has 0 aliphatic heterocycles. The van der Waals surface area contributed by atoms with Crippen molar-refractivity contribution in [1.82, 2.24) is 0 Å². The van der Waals surface area contributed by atoms with Crippen molar-refractivity contribution < 1.29 is 4.74 Å². The number of aryl methyl sites for hydroxylation is 1. The van der Waals surface area contributed by atoms with Gasteiger partial charge in [-0.25, -0.2) is 0 Å². The molecule has 0 radical (unpaired) electrons. The van der Waals surface area contributed by atoms with Gasteiger partial charge in [-0.15, -0.1) is 0 Å². The third-order valence-corrected chi connectivity index (χ3v) is 3.93. The molecule has 0 bridgehead atoms. The van der Waals surface area contributed by atoms with Crippen molar-refractivity contribution in [2.24, 2.45) is 5.73 Å². The molecule has 0 saturated carbocycles. The molecular weight excluding hydrogens is 314 g/mol. The van der Waals surface area contributed by atoms with Crippen molar-refractivity contribution in [1.29, 1.82) is 0 Å². The smallest absolute Gasteiger partial charge is 0.137 e. The number of hydrogen-bond donors (Lipinski definition) is 1. The van der Waals surface area contributed by atoms with Crippen LogP contribution in [0.15, 0.2) is 53.0 Å². The number of nitrogens with two attached hydrogens (primary N) is 1. The van der Waals surface area contributed by atoms with Gasteiger partial charge in [0, 0.05) is 16.6 Å². The van der Waals surface area contributed by atoms with E-state index in [4.69, 9.17) is 10.5 Å². The van der Waals surface area contributed by atoms with Gasteiger partial charge in [-0.2, -0.15) is 0 Å². The summed E-state index contributed by atoms with van der Waals surface area (Å²) in [6.45, 7) is 2.63. The zero-order chi connectivity index (χ0) is 14.4. The fourth-order valence-corrected chi connectivity index (χ4v) is 2.70. The minimum absolute atomic E-state index is 0.136. The summed E-state index contributed by atoms with van der Waals surface area (Å²) in [5.41, 5.74) is 8.27. The van der Waals surface area contributed by atoms with Crippen LogP contribution in [0.2, 0.25) is 0 Å². The van der Waals surface area contributed by atoms with Crippen LogP contribution in [0.4, 0.5) is 0 Å². The van der Waals surface area contributed by atoms with Gasteiger partial charge in [-0.1, -0.05) is 59.6 Å². The van der Waals surface area contributed by atoms with Gasteiger partial charge < -0.3 is 10.5 Å². The van der Waals surface area contributed by atoms with Crippen LogP contribution in [-0.4, -0.2) is 6.54 Å². The first kappa shape index (κ1) is 15.1. The number of hydrogen-bond acceptors (Lipinski definition) is 2. The molecule has 0 fully saturated rings. The van der Waals surface area contributed by atoms with E-state index in [2.05, 4.69) is 35.0 Å². The molecule has 1 unspecified atom stereocenters. The fourth-order valence-electron chi connectivity index (χ4n) is 2.16. The molecule has 2 aromatic rings. The predicted octanol–water partition coefficient (Wildman–Crippen LogP) is 4.48. The maximum atomic E-state index is 6.01. The highest BCUT2D eigenvalue weighted by Gasteiger charge is 2.14. The van der Waals surface area contributed by atoms with Crippen molar-refractivity contribution in [3.8, 4) is 5.75 Å². The minimum atomic E-state index is -0.136. The van der Waals surface area contributed by atoms with Gasteiger partial charge in [0.2, 0.25) is 0 Å². The predicted molar refractivity (Wildman–Crippen MR) is 87.0 cm³/mol. The molecule has 2 aromatic carbocycles. The van der Waals surface area contributed by atoms with E-state index in [-0.39, 0.29) is 6.10 Å². The van der Waals surface area contributed by atoms with Crippen molar-refractivity contribution in [2.45, 2.75) is 25.9 Å². The van der Waals surface area contributed by atoms with Gasteiger partial charge in [-0.3, -0.25) is 0 Å². The lowest BCUT2D eigenvalue weighted by Crippen LogP contribution is -2.18. The summed E-state index contributed by atoms with van der Waals surface area (Å²) in [6.07, 6.45) is 2.12. The average molecular weight is 334 g/mol. The monoisotopic (exact) mass is 333 g/mol. The van der Waals surface area contributed by atoms with Crippen LogP contribution in [-0.2, 0) is 6.42 Å². The number of rotatable bonds is 6. The third-order valence-electron chi connectivity index (χ3n) is 3.21. The second-order valence-corrected chi connectivity index (χ2v) is 5.61. The maximum Gasteiger partial charge on any atom is 0.137 e. The lowest BCUT2D eigenvalue weighted by molar-refractivity contribution is 0.213. The Morgan fingerprint density at radius 2 is 1.80 bits per heavy atom. The average Bonchev–Trinajstić information content (AvgIpc) is 2.48. The molecule has 2 rings (SSSR count). The van der Waals surface area contributed by atoms with E-state index >= 15 is 0 Å². The summed E-state index contributed by atoms with van der Waals surface area (Å²) in [4.78, 5) is 0. The summed E-state index contributed by atoms with van der Waals surface area (Å²) in [6, 6.07) is 16.3. The molecule has 1 atom stereocenters. The second kappa shape index (κ2) is 7.46. The van der Waals surface area contributed by atoms with E-state index in [0.717, 1.165) is 28.6 Å². The molecule has 106 valence electrons. The fraction of sp³-hybridized carbons (Fsp3) is 0.294. The van der Waals surface area contributed by atoms with Crippen LogP contribution >= 0.6 is 15.9 Å². The summed E-state index contributed by atoms with van der Waals surface area (Å²) in [7, 11) is 0. The summed E-state index contributed by atoms with van der Waals surface area (Å²) in [5.74, 6) is 0.857. The van der Waals surface area contributed by atoms with Crippen LogP contribution in [0.25, 0.3) is 0 Å². The SMILES string of the molecule is CCCc1ccc(OC(CN)c2ccccc2Br)cc1. The highest BCUT2D eigenvalue weighted by atomic mass is 79.9. The Bertz CT molecular complexity index is 539.